The van der Waals surface area contributed by atoms with Crippen LogP contribution in [0.3, 0.4) is 0 Å². The molecule has 0 spiro atoms. The minimum Gasteiger partial charge on any atom is -0.476 e. The predicted molar refractivity (Wildman–Crippen MR) is 85.3 cm³/mol. The fraction of sp³-hybridized carbons (Fsp3) is 0.333. The summed E-state index contributed by atoms with van der Waals surface area (Å²) < 4.78 is 5.64. The number of ether oxygens (including phenoxy) is 1. The Labute approximate surface area is 130 Å². The van der Waals surface area contributed by atoms with Gasteiger partial charge >= 0.3 is 0 Å². The van der Waals surface area contributed by atoms with Gasteiger partial charge in [0.2, 0.25) is 5.88 Å². The minimum absolute atomic E-state index is 0.0169. The first-order valence-corrected chi connectivity index (χ1v) is 7.74. The van der Waals surface area contributed by atoms with Gasteiger partial charge in [-0.15, -0.1) is 0 Å². The van der Waals surface area contributed by atoms with Crippen molar-refractivity contribution >= 4 is 5.78 Å². The molecule has 1 fully saturated rings. The molecule has 0 aliphatic carbocycles. The standard InChI is InChI=1S/C18H20N2O2/c21-18(15-6-2-1-3-7-15)16-8-9-17(19-14-16)22-13-12-20-10-4-5-11-20/h1-3,6-9,14H,4-5,10-13H2. The van der Waals surface area contributed by atoms with Crippen molar-refractivity contribution in [2.24, 2.45) is 0 Å². The lowest BCUT2D eigenvalue weighted by Gasteiger charge is -2.14. The summed E-state index contributed by atoms with van der Waals surface area (Å²) >= 11 is 0. The van der Waals surface area contributed by atoms with Crippen molar-refractivity contribution in [3.05, 3.63) is 59.8 Å². The fourth-order valence-electron chi connectivity index (χ4n) is 2.64. The summed E-state index contributed by atoms with van der Waals surface area (Å²) in [5.41, 5.74) is 1.25. The summed E-state index contributed by atoms with van der Waals surface area (Å²) in [5.74, 6) is 0.556. The number of rotatable bonds is 6. The number of hydrogen-bond donors (Lipinski definition) is 0. The molecule has 114 valence electrons. The third-order valence-electron chi connectivity index (χ3n) is 3.89. The number of carbonyl (C=O) groups excluding carboxylic acids is 1. The van der Waals surface area contributed by atoms with Gasteiger partial charge in [-0.05, 0) is 32.0 Å². The monoisotopic (exact) mass is 296 g/mol. The van der Waals surface area contributed by atoms with Gasteiger partial charge in [-0.25, -0.2) is 4.98 Å². The zero-order valence-electron chi connectivity index (χ0n) is 12.6. The molecule has 22 heavy (non-hydrogen) atoms. The minimum atomic E-state index is -0.0169. The molecule has 0 atom stereocenters. The molecular weight excluding hydrogens is 276 g/mol. The van der Waals surface area contributed by atoms with E-state index in [1.807, 2.05) is 30.3 Å². The second-order valence-corrected chi connectivity index (χ2v) is 5.48. The Bertz CT molecular complexity index is 605. The Kier molecular flexibility index (Phi) is 4.81. The van der Waals surface area contributed by atoms with Crippen LogP contribution < -0.4 is 4.74 Å². The first kappa shape index (κ1) is 14.7. The van der Waals surface area contributed by atoms with Crippen LogP contribution in [0.2, 0.25) is 0 Å². The van der Waals surface area contributed by atoms with E-state index in [-0.39, 0.29) is 5.78 Å². The Morgan fingerprint density at radius 3 is 2.50 bits per heavy atom. The van der Waals surface area contributed by atoms with Gasteiger partial charge < -0.3 is 4.74 Å². The molecule has 3 rings (SSSR count). The summed E-state index contributed by atoms with van der Waals surface area (Å²) in [4.78, 5) is 18.9. The van der Waals surface area contributed by atoms with Gasteiger partial charge in [0.1, 0.15) is 6.61 Å². The van der Waals surface area contributed by atoms with Gasteiger partial charge in [0.05, 0.1) is 0 Å². The highest BCUT2D eigenvalue weighted by atomic mass is 16.5. The highest BCUT2D eigenvalue weighted by Gasteiger charge is 2.12. The third kappa shape index (κ3) is 3.71. The van der Waals surface area contributed by atoms with E-state index in [9.17, 15) is 4.79 Å². The van der Waals surface area contributed by atoms with E-state index >= 15 is 0 Å². The normalized spacial score (nSPS) is 14.9. The van der Waals surface area contributed by atoms with Crippen molar-refractivity contribution in [1.29, 1.82) is 0 Å². The van der Waals surface area contributed by atoms with E-state index in [0.717, 1.165) is 6.54 Å². The summed E-state index contributed by atoms with van der Waals surface area (Å²) in [6.45, 7) is 3.91. The van der Waals surface area contributed by atoms with Crippen LogP contribution >= 0.6 is 0 Å². The third-order valence-corrected chi connectivity index (χ3v) is 3.89. The molecule has 0 unspecified atom stereocenters. The molecule has 0 bridgehead atoms. The Morgan fingerprint density at radius 2 is 1.82 bits per heavy atom. The molecule has 1 aliphatic rings. The summed E-state index contributed by atoms with van der Waals surface area (Å²) in [7, 11) is 0. The zero-order chi connectivity index (χ0) is 15.2. The number of aromatic nitrogens is 1. The van der Waals surface area contributed by atoms with Crippen molar-refractivity contribution < 1.29 is 9.53 Å². The lowest BCUT2D eigenvalue weighted by Crippen LogP contribution is -2.25. The van der Waals surface area contributed by atoms with E-state index in [4.69, 9.17) is 4.74 Å². The Hall–Kier alpha value is -2.20. The maximum absolute atomic E-state index is 12.3. The number of nitrogens with zero attached hydrogens (tertiary/aromatic N) is 2. The molecule has 0 N–H and O–H groups in total. The highest BCUT2D eigenvalue weighted by Crippen LogP contribution is 2.13. The van der Waals surface area contributed by atoms with Crippen LogP contribution in [0.1, 0.15) is 28.8 Å². The fourth-order valence-corrected chi connectivity index (χ4v) is 2.64. The molecule has 4 heteroatoms. The average Bonchev–Trinajstić information content (AvgIpc) is 3.09. The topological polar surface area (TPSA) is 42.4 Å². The van der Waals surface area contributed by atoms with Gasteiger partial charge in [0.25, 0.3) is 0 Å². The summed E-state index contributed by atoms with van der Waals surface area (Å²) in [6, 6.07) is 12.8. The second kappa shape index (κ2) is 7.18. The van der Waals surface area contributed by atoms with Crippen molar-refractivity contribution in [3.8, 4) is 5.88 Å². The second-order valence-electron chi connectivity index (χ2n) is 5.48. The molecule has 0 amide bonds. The Morgan fingerprint density at radius 1 is 1.05 bits per heavy atom. The molecule has 1 aromatic heterocycles. The lowest BCUT2D eigenvalue weighted by atomic mass is 10.1. The SMILES string of the molecule is O=C(c1ccccc1)c1ccc(OCCN2CCCC2)nc1. The number of pyridine rings is 1. The number of likely N-dealkylation sites (tertiary alicyclic amines) is 1. The van der Waals surface area contributed by atoms with Crippen LogP contribution in [0.5, 0.6) is 5.88 Å². The highest BCUT2D eigenvalue weighted by molar-refractivity contribution is 6.08. The van der Waals surface area contributed by atoms with Crippen molar-refractivity contribution in [1.82, 2.24) is 9.88 Å². The van der Waals surface area contributed by atoms with E-state index < -0.39 is 0 Å². The van der Waals surface area contributed by atoms with Crippen LogP contribution in [-0.2, 0) is 0 Å². The molecule has 1 aliphatic heterocycles. The lowest BCUT2D eigenvalue weighted by molar-refractivity contribution is 0.103. The molecule has 2 heterocycles. The van der Waals surface area contributed by atoms with Gasteiger partial charge in [0.15, 0.2) is 5.78 Å². The summed E-state index contributed by atoms with van der Waals surface area (Å²) in [5, 5.41) is 0. The quantitative estimate of drug-likeness (QED) is 0.769. The summed E-state index contributed by atoms with van der Waals surface area (Å²) in [6.07, 6.45) is 4.16. The van der Waals surface area contributed by atoms with E-state index in [2.05, 4.69) is 9.88 Å². The van der Waals surface area contributed by atoms with Gasteiger partial charge in [0, 0.05) is 29.9 Å². The molecule has 0 radical (unpaired) electrons. The first-order valence-electron chi connectivity index (χ1n) is 7.74. The van der Waals surface area contributed by atoms with Gasteiger partial charge in [-0.1, -0.05) is 30.3 Å². The van der Waals surface area contributed by atoms with Crippen LogP contribution in [0.15, 0.2) is 48.7 Å². The molecule has 4 nitrogen and oxygen atoms in total. The molecular formula is C18H20N2O2. The number of carbonyl (C=O) groups is 1. The van der Waals surface area contributed by atoms with Crippen LogP contribution in [-0.4, -0.2) is 41.9 Å². The molecule has 0 saturated carbocycles. The van der Waals surface area contributed by atoms with Crippen molar-refractivity contribution in [2.75, 3.05) is 26.2 Å². The van der Waals surface area contributed by atoms with Crippen LogP contribution in [0.25, 0.3) is 0 Å². The maximum atomic E-state index is 12.3. The van der Waals surface area contributed by atoms with E-state index in [0.29, 0.717) is 23.6 Å². The number of benzene rings is 1. The molecule has 1 saturated heterocycles. The number of hydrogen-bond acceptors (Lipinski definition) is 4. The van der Waals surface area contributed by atoms with Crippen LogP contribution in [0, 0.1) is 0 Å². The molecule has 2 aromatic rings. The largest absolute Gasteiger partial charge is 0.476 e. The maximum Gasteiger partial charge on any atom is 0.213 e. The van der Waals surface area contributed by atoms with Crippen LogP contribution in [0.4, 0.5) is 0 Å². The average molecular weight is 296 g/mol. The van der Waals surface area contributed by atoms with E-state index in [1.165, 1.54) is 25.9 Å². The van der Waals surface area contributed by atoms with Crippen molar-refractivity contribution in [2.45, 2.75) is 12.8 Å². The predicted octanol–water partition coefficient (Wildman–Crippen LogP) is 2.79. The number of ketones is 1. The zero-order valence-corrected chi connectivity index (χ0v) is 12.6. The first-order chi connectivity index (χ1) is 10.8. The van der Waals surface area contributed by atoms with Crippen molar-refractivity contribution in [3.63, 3.8) is 0 Å². The molecule has 1 aromatic carbocycles. The smallest absolute Gasteiger partial charge is 0.213 e. The Balaban J connectivity index is 1.54. The van der Waals surface area contributed by atoms with E-state index in [1.54, 1.807) is 18.3 Å². The van der Waals surface area contributed by atoms with Gasteiger partial charge in [-0.2, -0.15) is 0 Å². The van der Waals surface area contributed by atoms with Gasteiger partial charge in [-0.3, -0.25) is 9.69 Å².